The third-order valence-electron chi connectivity index (χ3n) is 2.41. The normalized spacial score (nSPS) is 15.2. The minimum atomic E-state index is -0.322. The minimum Gasteiger partial charge on any atom is -0.507 e. The Morgan fingerprint density at radius 2 is 2.38 bits per heavy atom. The summed E-state index contributed by atoms with van der Waals surface area (Å²) in [6, 6.07) is 4.56. The summed E-state index contributed by atoms with van der Waals surface area (Å²) in [6.45, 7) is 1.10. The van der Waals surface area contributed by atoms with Crippen molar-refractivity contribution in [2.45, 2.75) is 6.42 Å². The van der Waals surface area contributed by atoms with Crippen LogP contribution < -0.4 is 4.74 Å². The van der Waals surface area contributed by atoms with Gasteiger partial charge in [0.2, 0.25) is 0 Å². The van der Waals surface area contributed by atoms with Gasteiger partial charge in [-0.3, -0.25) is 9.63 Å². The van der Waals surface area contributed by atoms with E-state index in [1.54, 1.807) is 6.07 Å². The lowest BCUT2D eigenvalue weighted by Crippen LogP contribution is -2.26. The molecule has 0 bridgehead atoms. The van der Waals surface area contributed by atoms with Crippen molar-refractivity contribution in [2.75, 3.05) is 20.3 Å². The first-order chi connectivity index (χ1) is 7.72. The summed E-state index contributed by atoms with van der Waals surface area (Å²) >= 11 is 0. The molecule has 5 heteroatoms. The zero-order chi connectivity index (χ0) is 11.5. The van der Waals surface area contributed by atoms with Gasteiger partial charge in [0.25, 0.3) is 5.91 Å². The molecule has 0 unspecified atom stereocenters. The van der Waals surface area contributed by atoms with Crippen LogP contribution in [0, 0.1) is 0 Å². The Morgan fingerprint density at radius 3 is 2.94 bits per heavy atom. The number of rotatable bonds is 2. The van der Waals surface area contributed by atoms with E-state index in [9.17, 15) is 9.90 Å². The van der Waals surface area contributed by atoms with Gasteiger partial charge in [-0.15, -0.1) is 0 Å². The highest BCUT2D eigenvalue weighted by Gasteiger charge is 2.23. The van der Waals surface area contributed by atoms with Gasteiger partial charge in [-0.05, 0) is 18.6 Å². The van der Waals surface area contributed by atoms with Crippen molar-refractivity contribution in [1.82, 2.24) is 5.06 Å². The van der Waals surface area contributed by atoms with Gasteiger partial charge in [0.15, 0.2) is 0 Å². The predicted molar refractivity (Wildman–Crippen MR) is 56.3 cm³/mol. The molecule has 1 aromatic rings. The summed E-state index contributed by atoms with van der Waals surface area (Å²) in [5.41, 5.74) is 0.225. The topological polar surface area (TPSA) is 59.0 Å². The number of phenols is 1. The molecule has 0 aliphatic carbocycles. The second-order valence-electron chi connectivity index (χ2n) is 3.48. The zero-order valence-electron chi connectivity index (χ0n) is 8.97. The predicted octanol–water partition coefficient (Wildman–Crippen LogP) is 1.18. The average molecular weight is 223 g/mol. The number of hydrogen-bond donors (Lipinski definition) is 1. The highest BCUT2D eigenvalue weighted by molar-refractivity contribution is 5.96. The highest BCUT2D eigenvalue weighted by atomic mass is 16.7. The molecule has 1 aliphatic rings. The smallest absolute Gasteiger partial charge is 0.281 e. The molecule has 1 saturated heterocycles. The monoisotopic (exact) mass is 223 g/mol. The van der Waals surface area contributed by atoms with Gasteiger partial charge in [-0.25, -0.2) is 5.06 Å². The lowest BCUT2D eigenvalue weighted by molar-refractivity contribution is -0.0769. The standard InChI is InChI=1S/C11H13NO4/c1-15-8-3-4-9(10(13)7-8)11(14)12-5-2-6-16-12/h3-4,7,13H,2,5-6H2,1H3. The largest absolute Gasteiger partial charge is 0.507 e. The van der Waals surface area contributed by atoms with Crippen molar-refractivity contribution < 1.29 is 19.5 Å². The van der Waals surface area contributed by atoms with Crippen molar-refractivity contribution in [3.05, 3.63) is 23.8 Å². The van der Waals surface area contributed by atoms with Crippen molar-refractivity contribution in [3.63, 3.8) is 0 Å². The molecule has 0 atom stereocenters. The fourth-order valence-electron chi connectivity index (χ4n) is 1.56. The van der Waals surface area contributed by atoms with Crippen LogP contribution in [0.25, 0.3) is 0 Å². The molecule has 1 fully saturated rings. The summed E-state index contributed by atoms with van der Waals surface area (Å²) in [7, 11) is 1.50. The van der Waals surface area contributed by atoms with Gasteiger partial charge in [0, 0.05) is 6.07 Å². The van der Waals surface area contributed by atoms with E-state index in [1.807, 2.05) is 0 Å². The molecule has 1 amide bonds. The van der Waals surface area contributed by atoms with Gasteiger partial charge >= 0.3 is 0 Å². The number of amides is 1. The summed E-state index contributed by atoms with van der Waals surface area (Å²) in [6.07, 6.45) is 0.822. The van der Waals surface area contributed by atoms with E-state index in [0.29, 0.717) is 18.9 Å². The molecule has 0 saturated carbocycles. The zero-order valence-corrected chi connectivity index (χ0v) is 8.97. The Hall–Kier alpha value is -1.75. The first-order valence-corrected chi connectivity index (χ1v) is 5.04. The Labute approximate surface area is 93.1 Å². The van der Waals surface area contributed by atoms with E-state index in [0.717, 1.165) is 6.42 Å². The van der Waals surface area contributed by atoms with Gasteiger partial charge in [-0.1, -0.05) is 0 Å². The van der Waals surface area contributed by atoms with Crippen LogP contribution >= 0.6 is 0 Å². The fourth-order valence-corrected chi connectivity index (χ4v) is 1.56. The SMILES string of the molecule is COc1ccc(C(=O)N2CCCO2)c(O)c1. The van der Waals surface area contributed by atoms with E-state index >= 15 is 0 Å². The van der Waals surface area contributed by atoms with Crippen LogP contribution in [0.2, 0.25) is 0 Å². The van der Waals surface area contributed by atoms with Gasteiger partial charge in [0.05, 0.1) is 25.8 Å². The maximum Gasteiger partial charge on any atom is 0.281 e. The molecule has 2 rings (SSSR count). The van der Waals surface area contributed by atoms with Gasteiger partial charge in [0.1, 0.15) is 11.5 Å². The quantitative estimate of drug-likeness (QED) is 0.817. The number of phenolic OH excluding ortho intramolecular Hbond substituents is 1. The summed E-state index contributed by atoms with van der Waals surface area (Å²) in [5.74, 6) is 0.0916. The summed E-state index contributed by atoms with van der Waals surface area (Å²) in [5, 5.41) is 10.9. The summed E-state index contributed by atoms with van der Waals surface area (Å²) in [4.78, 5) is 17.0. The lowest BCUT2D eigenvalue weighted by atomic mass is 10.1. The van der Waals surface area contributed by atoms with E-state index in [-0.39, 0.29) is 17.2 Å². The second kappa shape index (κ2) is 4.40. The van der Waals surface area contributed by atoms with Crippen molar-refractivity contribution in [3.8, 4) is 11.5 Å². The van der Waals surface area contributed by atoms with E-state index in [1.165, 1.54) is 24.3 Å². The van der Waals surface area contributed by atoms with Crippen LogP contribution in [0.3, 0.4) is 0 Å². The molecule has 1 heterocycles. The maximum atomic E-state index is 11.9. The van der Waals surface area contributed by atoms with Crippen LogP contribution in [-0.4, -0.2) is 36.3 Å². The van der Waals surface area contributed by atoms with Crippen LogP contribution in [-0.2, 0) is 4.84 Å². The lowest BCUT2D eigenvalue weighted by Gasteiger charge is -2.14. The molecule has 0 spiro atoms. The molecule has 5 nitrogen and oxygen atoms in total. The minimum absolute atomic E-state index is 0.0974. The molecule has 1 aliphatic heterocycles. The third-order valence-corrected chi connectivity index (χ3v) is 2.41. The van der Waals surface area contributed by atoms with Gasteiger partial charge in [-0.2, -0.15) is 0 Å². The third kappa shape index (κ3) is 1.94. The van der Waals surface area contributed by atoms with Crippen LogP contribution in [0.15, 0.2) is 18.2 Å². The number of nitrogens with zero attached hydrogens (tertiary/aromatic N) is 1. The maximum absolute atomic E-state index is 11.9. The van der Waals surface area contributed by atoms with Crippen molar-refractivity contribution >= 4 is 5.91 Å². The van der Waals surface area contributed by atoms with Crippen molar-refractivity contribution in [1.29, 1.82) is 0 Å². The number of hydrogen-bond acceptors (Lipinski definition) is 4. The number of carbonyl (C=O) groups is 1. The Balaban J connectivity index is 2.22. The Morgan fingerprint density at radius 1 is 1.56 bits per heavy atom. The number of carbonyl (C=O) groups excluding carboxylic acids is 1. The highest BCUT2D eigenvalue weighted by Crippen LogP contribution is 2.25. The first kappa shape index (κ1) is 10.8. The molecule has 0 radical (unpaired) electrons. The molecule has 16 heavy (non-hydrogen) atoms. The number of methoxy groups -OCH3 is 1. The molecule has 86 valence electrons. The van der Waals surface area contributed by atoms with Crippen LogP contribution in [0.5, 0.6) is 11.5 Å². The van der Waals surface area contributed by atoms with E-state index < -0.39 is 0 Å². The molecule has 1 aromatic carbocycles. The van der Waals surface area contributed by atoms with Crippen LogP contribution in [0.4, 0.5) is 0 Å². The molecular formula is C11H13NO4. The number of ether oxygens (including phenoxy) is 1. The Kier molecular flexibility index (Phi) is 2.96. The number of hydroxylamine groups is 2. The van der Waals surface area contributed by atoms with Crippen LogP contribution in [0.1, 0.15) is 16.8 Å². The van der Waals surface area contributed by atoms with E-state index in [2.05, 4.69) is 0 Å². The Bertz CT molecular complexity index is 399. The number of benzene rings is 1. The number of aromatic hydroxyl groups is 1. The molecule has 0 aromatic heterocycles. The van der Waals surface area contributed by atoms with Gasteiger partial charge < -0.3 is 9.84 Å². The van der Waals surface area contributed by atoms with Crippen molar-refractivity contribution in [2.24, 2.45) is 0 Å². The fraction of sp³-hybridized carbons (Fsp3) is 0.364. The first-order valence-electron chi connectivity index (χ1n) is 5.04. The summed E-state index contributed by atoms with van der Waals surface area (Å²) < 4.78 is 4.94. The average Bonchev–Trinajstić information content (AvgIpc) is 2.81. The molecule has 1 N–H and O–H groups in total. The second-order valence-corrected chi connectivity index (χ2v) is 3.48. The van der Waals surface area contributed by atoms with E-state index in [4.69, 9.17) is 9.57 Å². The molecular weight excluding hydrogens is 210 g/mol.